The first kappa shape index (κ1) is 23.2. The molecule has 6 nitrogen and oxygen atoms in total. The molecule has 0 unspecified atom stereocenters. The number of aromatic amines is 1. The van der Waals surface area contributed by atoms with Crippen molar-refractivity contribution in [2.45, 2.75) is 51.2 Å². The standard InChI is InChI=1S/C26H31N3O3Si/c1-19-18-29(25(31)27-24(19)30)21-16-15-20(17-21)28-32-33(26(2,3)4,22-11-7-5-8-12-22)23-13-9-6-10-14-23/h5-16,18,20-21,28H,17H2,1-4H3,(H,27,30,31)/t20-,21+/m1/s1. The SMILES string of the molecule is Cc1cn([C@H]2C=C[C@@H](NO[Si](c3ccccc3)(c3ccccc3)C(C)(C)C)C2)c(=O)[nH]c1=O. The maximum absolute atomic E-state index is 12.3. The molecular formula is C26H31N3O3Si. The van der Waals surface area contributed by atoms with Gasteiger partial charge in [-0.15, -0.1) is 0 Å². The molecule has 1 aromatic heterocycles. The van der Waals surface area contributed by atoms with Gasteiger partial charge in [-0.3, -0.25) is 14.3 Å². The molecule has 2 atom stereocenters. The molecule has 1 heterocycles. The Balaban J connectivity index is 1.63. The molecule has 0 aliphatic heterocycles. The van der Waals surface area contributed by atoms with E-state index in [1.807, 2.05) is 24.3 Å². The maximum atomic E-state index is 12.3. The molecule has 172 valence electrons. The maximum Gasteiger partial charge on any atom is 0.328 e. The van der Waals surface area contributed by atoms with E-state index in [1.165, 1.54) is 10.4 Å². The number of aryl methyl sites for hydroxylation is 1. The summed E-state index contributed by atoms with van der Waals surface area (Å²) in [5, 5.41) is 2.25. The third-order valence-electron chi connectivity index (χ3n) is 6.34. The van der Waals surface area contributed by atoms with Crippen LogP contribution in [0.1, 0.15) is 38.8 Å². The topological polar surface area (TPSA) is 76.1 Å². The van der Waals surface area contributed by atoms with Gasteiger partial charge in [0.15, 0.2) is 0 Å². The van der Waals surface area contributed by atoms with Crippen molar-refractivity contribution in [3.8, 4) is 0 Å². The molecule has 0 amide bonds. The lowest BCUT2D eigenvalue weighted by molar-refractivity contribution is 0.154. The Morgan fingerprint density at radius 2 is 1.55 bits per heavy atom. The van der Waals surface area contributed by atoms with Gasteiger partial charge in [0.1, 0.15) is 0 Å². The van der Waals surface area contributed by atoms with E-state index < -0.39 is 14.0 Å². The number of H-pyrrole nitrogens is 1. The Kier molecular flexibility index (Phi) is 6.38. The van der Waals surface area contributed by atoms with Gasteiger partial charge in [-0.2, -0.15) is 0 Å². The van der Waals surface area contributed by atoms with Crippen LogP contribution in [0, 0.1) is 6.92 Å². The molecule has 0 fully saturated rings. The number of hydrogen-bond acceptors (Lipinski definition) is 4. The fourth-order valence-electron chi connectivity index (χ4n) is 4.62. The Hall–Kier alpha value is -3.00. The van der Waals surface area contributed by atoms with Crippen molar-refractivity contribution in [3.63, 3.8) is 0 Å². The van der Waals surface area contributed by atoms with Gasteiger partial charge in [0.05, 0.1) is 12.1 Å². The molecule has 33 heavy (non-hydrogen) atoms. The molecule has 7 heteroatoms. The molecule has 0 saturated carbocycles. The third-order valence-corrected chi connectivity index (χ3v) is 11.2. The van der Waals surface area contributed by atoms with Crippen LogP contribution < -0.4 is 27.1 Å². The van der Waals surface area contributed by atoms with Crippen LogP contribution in [0.3, 0.4) is 0 Å². The summed E-state index contributed by atoms with van der Waals surface area (Å²) in [6.45, 7) is 8.40. The fourth-order valence-corrected chi connectivity index (χ4v) is 8.88. The van der Waals surface area contributed by atoms with Crippen LogP contribution in [-0.2, 0) is 4.53 Å². The van der Waals surface area contributed by atoms with Gasteiger partial charge in [-0.25, -0.2) is 10.3 Å². The van der Waals surface area contributed by atoms with E-state index in [2.05, 4.69) is 79.8 Å². The average molecular weight is 462 g/mol. The number of nitrogens with zero attached hydrogens (tertiary/aromatic N) is 1. The third kappa shape index (κ3) is 4.44. The van der Waals surface area contributed by atoms with Gasteiger partial charge in [-0.1, -0.05) is 93.6 Å². The van der Waals surface area contributed by atoms with Crippen molar-refractivity contribution in [1.29, 1.82) is 0 Å². The smallest absolute Gasteiger partial charge is 0.328 e. The van der Waals surface area contributed by atoms with Gasteiger partial charge in [0.2, 0.25) is 0 Å². The summed E-state index contributed by atoms with van der Waals surface area (Å²) in [6.07, 6.45) is 6.31. The van der Waals surface area contributed by atoms with E-state index in [0.29, 0.717) is 12.0 Å². The quantitative estimate of drug-likeness (QED) is 0.336. The van der Waals surface area contributed by atoms with E-state index in [1.54, 1.807) is 17.7 Å². The molecule has 1 aliphatic rings. The zero-order valence-electron chi connectivity index (χ0n) is 19.5. The molecule has 2 N–H and O–H groups in total. The number of aromatic nitrogens is 2. The van der Waals surface area contributed by atoms with Crippen molar-refractivity contribution >= 4 is 18.7 Å². The Morgan fingerprint density at radius 1 is 0.970 bits per heavy atom. The van der Waals surface area contributed by atoms with Gasteiger partial charge in [0.25, 0.3) is 13.9 Å². The molecule has 2 aromatic carbocycles. The predicted molar refractivity (Wildman–Crippen MR) is 134 cm³/mol. The lowest BCUT2D eigenvalue weighted by Crippen LogP contribution is -2.68. The molecule has 0 bridgehead atoms. The van der Waals surface area contributed by atoms with E-state index in [0.717, 1.165) is 0 Å². The second-order valence-corrected chi connectivity index (χ2v) is 13.9. The van der Waals surface area contributed by atoms with Gasteiger partial charge < -0.3 is 4.53 Å². The van der Waals surface area contributed by atoms with Crippen molar-refractivity contribution in [3.05, 3.63) is 105 Å². The number of rotatable bonds is 6. The first-order chi connectivity index (χ1) is 15.7. The van der Waals surface area contributed by atoms with Crippen molar-refractivity contribution in [1.82, 2.24) is 15.0 Å². The summed E-state index contributed by atoms with van der Waals surface area (Å²) in [5.41, 5.74) is 3.14. The number of hydroxylamine groups is 1. The highest BCUT2D eigenvalue weighted by atomic mass is 28.4. The number of nitrogens with one attached hydrogen (secondary N) is 2. The van der Waals surface area contributed by atoms with Gasteiger partial charge >= 0.3 is 5.69 Å². The minimum atomic E-state index is -2.71. The van der Waals surface area contributed by atoms with E-state index >= 15 is 0 Å². The minimum Gasteiger partial charge on any atom is -0.333 e. The number of hydrogen-bond donors (Lipinski definition) is 2. The van der Waals surface area contributed by atoms with Crippen LogP contribution in [0.4, 0.5) is 0 Å². The Labute approximate surface area is 195 Å². The van der Waals surface area contributed by atoms with Crippen LogP contribution in [0.15, 0.2) is 88.6 Å². The molecule has 4 rings (SSSR count). The lowest BCUT2D eigenvalue weighted by Gasteiger charge is -2.42. The Bertz CT molecular complexity index is 1200. The van der Waals surface area contributed by atoms with Gasteiger partial charge in [-0.05, 0) is 28.8 Å². The minimum absolute atomic E-state index is 0.0595. The largest absolute Gasteiger partial charge is 0.333 e. The predicted octanol–water partition coefficient (Wildman–Crippen LogP) is 2.80. The van der Waals surface area contributed by atoms with E-state index in [-0.39, 0.29) is 22.7 Å². The van der Waals surface area contributed by atoms with Crippen molar-refractivity contribution in [2.24, 2.45) is 0 Å². The van der Waals surface area contributed by atoms with Gasteiger partial charge in [0, 0.05) is 11.8 Å². The second kappa shape index (κ2) is 9.09. The summed E-state index contributed by atoms with van der Waals surface area (Å²) in [5.74, 6) is 0. The Morgan fingerprint density at radius 3 is 2.09 bits per heavy atom. The van der Waals surface area contributed by atoms with Crippen LogP contribution in [0.5, 0.6) is 0 Å². The molecule has 0 saturated heterocycles. The first-order valence-corrected chi connectivity index (χ1v) is 13.2. The molecule has 1 aliphatic carbocycles. The molecule has 0 radical (unpaired) electrons. The van der Waals surface area contributed by atoms with Crippen molar-refractivity contribution in [2.75, 3.05) is 0 Å². The number of benzene rings is 2. The summed E-state index contributed by atoms with van der Waals surface area (Å²) in [7, 11) is -2.71. The lowest BCUT2D eigenvalue weighted by atomic mass is 10.2. The second-order valence-electron chi connectivity index (χ2n) is 9.66. The zero-order chi connectivity index (χ0) is 23.6. The van der Waals surface area contributed by atoms with E-state index in [4.69, 9.17) is 4.53 Å². The number of allylic oxidation sites excluding steroid dienone is 1. The van der Waals surface area contributed by atoms with E-state index in [9.17, 15) is 9.59 Å². The normalized spacial score (nSPS) is 18.5. The molecule has 0 spiro atoms. The van der Waals surface area contributed by atoms with Crippen LogP contribution in [0.2, 0.25) is 5.04 Å². The summed E-state index contributed by atoms with van der Waals surface area (Å²) >= 11 is 0. The summed E-state index contributed by atoms with van der Waals surface area (Å²) in [4.78, 5) is 26.5. The van der Waals surface area contributed by atoms with Crippen LogP contribution >= 0.6 is 0 Å². The van der Waals surface area contributed by atoms with Crippen molar-refractivity contribution < 1.29 is 4.53 Å². The molecular weight excluding hydrogens is 430 g/mol. The average Bonchev–Trinajstić information content (AvgIpc) is 3.26. The fraction of sp³-hybridized carbons (Fsp3) is 0.308. The molecule has 3 aromatic rings. The highest BCUT2D eigenvalue weighted by molar-refractivity contribution is 6.99. The monoisotopic (exact) mass is 461 g/mol. The summed E-state index contributed by atoms with van der Waals surface area (Å²) in [6, 6.07) is 20.7. The van der Waals surface area contributed by atoms with Crippen LogP contribution in [0.25, 0.3) is 0 Å². The zero-order valence-corrected chi connectivity index (χ0v) is 20.5. The van der Waals surface area contributed by atoms with Crippen LogP contribution in [-0.4, -0.2) is 23.9 Å². The highest BCUT2D eigenvalue weighted by Gasteiger charge is 2.51. The first-order valence-electron chi connectivity index (χ1n) is 11.3. The highest BCUT2D eigenvalue weighted by Crippen LogP contribution is 2.36. The summed E-state index contributed by atoms with van der Waals surface area (Å²) < 4.78 is 8.38.